The molecule has 1 aromatic carbocycles. The minimum atomic E-state index is -0.756. The number of nitrogens with one attached hydrogen (secondary N) is 1. The molecule has 5 heteroatoms. The number of carbonyl (C=O) groups excluding carboxylic acids is 1. The number of hydrogen-bond donors (Lipinski definition) is 1. The van der Waals surface area contributed by atoms with E-state index >= 15 is 0 Å². The summed E-state index contributed by atoms with van der Waals surface area (Å²) in [5.41, 5.74) is -0.374. The Hall–Kier alpha value is -1.65. The second-order valence-electron chi connectivity index (χ2n) is 4.70. The van der Waals surface area contributed by atoms with Gasteiger partial charge < -0.3 is 10.2 Å². The number of piperidine rings is 1. The van der Waals surface area contributed by atoms with E-state index in [1.807, 2.05) is 0 Å². The van der Waals surface area contributed by atoms with Gasteiger partial charge in [0.05, 0.1) is 0 Å². The molecule has 1 aromatic rings. The summed E-state index contributed by atoms with van der Waals surface area (Å²) >= 11 is 0. The second kappa shape index (κ2) is 5.33. The van der Waals surface area contributed by atoms with Gasteiger partial charge in [0.15, 0.2) is 0 Å². The fourth-order valence-corrected chi connectivity index (χ4v) is 2.01. The Balaban J connectivity index is 2.03. The van der Waals surface area contributed by atoms with Crippen molar-refractivity contribution in [1.29, 1.82) is 0 Å². The van der Waals surface area contributed by atoms with E-state index in [0.29, 0.717) is 19.0 Å². The first-order valence-electron chi connectivity index (χ1n) is 6.08. The van der Waals surface area contributed by atoms with Crippen LogP contribution in [0.5, 0.6) is 0 Å². The fraction of sp³-hybridized carbons (Fsp3) is 0.462. The summed E-state index contributed by atoms with van der Waals surface area (Å²) in [5.74, 6) is -0.915. The molecule has 1 aliphatic heterocycles. The lowest BCUT2D eigenvalue weighted by molar-refractivity contribution is 0.186. The molecule has 1 fully saturated rings. The largest absolute Gasteiger partial charge is 0.325 e. The van der Waals surface area contributed by atoms with Gasteiger partial charge in [0.25, 0.3) is 0 Å². The standard InChI is InChI=1S/C13H16F2N2O/c1-9-5-7-17(8-6-9)13(18)16-12-10(14)3-2-4-11(12)15/h2-4,9H,5-8H2,1H3,(H,16,18). The number of carbonyl (C=O) groups is 1. The number of anilines is 1. The monoisotopic (exact) mass is 254 g/mol. The molecule has 1 N–H and O–H groups in total. The maximum atomic E-state index is 13.4. The van der Waals surface area contributed by atoms with E-state index < -0.39 is 17.7 Å². The van der Waals surface area contributed by atoms with Gasteiger partial charge in [-0.05, 0) is 30.9 Å². The zero-order valence-corrected chi connectivity index (χ0v) is 10.2. The van der Waals surface area contributed by atoms with Crippen LogP contribution < -0.4 is 5.32 Å². The molecule has 1 aliphatic rings. The normalized spacial score (nSPS) is 16.7. The molecule has 3 nitrogen and oxygen atoms in total. The zero-order valence-electron chi connectivity index (χ0n) is 10.2. The molecule has 0 aliphatic carbocycles. The Morgan fingerprint density at radius 1 is 1.28 bits per heavy atom. The molecule has 1 saturated heterocycles. The van der Waals surface area contributed by atoms with Gasteiger partial charge in [-0.15, -0.1) is 0 Å². The number of hydrogen-bond acceptors (Lipinski definition) is 1. The lowest BCUT2D eigenvalue weighted by Gasteiger charge is -2.30. The number of urea groups is 1. The average molecular weight is 254 g/mol. The summed E-state index contributed by atoms with van der Waals surface area (Å²) in [6, 6.07) is 3.07. The number of para-hydroxylation sites is 1. The Morgan fingerprint density at radius 3 is 2.39 bits per heavy atom. The van der Waals surface area contributed by atoms with Gasteiger partial charge >= 0.3 is 6.03 Å². The van der Waals surface area contributed by atoms with Crippen molar-refractivity contribution in [2.75, 3.05) is 18.4 Å². The smallest absolute Gasteiger partial charge is 0.322 e. The first-order valence-corrected chi connectivity index (χ1v) is 6.08. The Morgan fingerprint density at radius 2 is 1.83 bits per heavy atom. The van der Waals surface area contributed by atoms with E-state index in [1.165, 1.54) is 6.07 Å². The maximum absolute atomic E-state index is 13.4. The highest BCUT2D eigenvalue weighted by Gasteiger charge is 2.21. The molecule has 0 unspecified atom stereocenters. The number of rotatable bonds is 1. The third kappa shape index (κ3) is 2.78. The molecule has 0 saturated carbocycles. The molecular weight excluding hydrogens is 238 g/mol. The highest BCUT2D eigenvalue weighted by molar-refractivity contribution is 5.89. The lowest BCUT2D eigenvalue weighted by atomic mass is 10.00. The van der Waals surface area contributed by atoms with E-state index in [4.69, 9.17) is 0 Å². The maximum Gasteiger partial charge on any atom is 0.322 e. The average Bonchev–Trinajstić information content (AvgIpc) is 2.34. The van der Waals surface area contributed by atoms with Crippen LogP contribution in [0.1, 0.15) is 19.8 Å². The van der Waals surface area contributed by atoms with Gasteiger partial charge in [-0.25, -0.2) is 13.6 Å². The van der Waals surface area contributed by atoms with Crippen molar-refractivity contribution in [3.63, 3.8) is 0 Å². The Labute approximate surface area is 105 Å². The van der Waals surface area contributed by atoms with Gasteiger partial charge in [0, 0.05) is 13.1 Å². The van der Waals surface area contributed by atoms with Crippen LogP contribution in [0.2, 0.25) is 0 Å². The van der Waals surface area contributed by atoms with Crippen molar-refractivity contribution < 1.29 is 13.6 Å². The minimum Gasteiger partial charge on any atom is -0.325 e. The first kappa shape index (κ1) is 12.8. The number of likely N-dealkylation sites (tertiary alicyclic amines) is 1. The number of halogens is 2. The van der Waals surface area contributed by atoms with Crippen molar-refractivity contribution in [2.24, 2.45) is 5.92 Å². The molecule has 18 heavy (non-hydrogen) atoms. The van der Waals surface area contributed by atoms with E-state index in [2.05, 4.69) is 12.2 Å². The summed E-state index contributed by atoms with van der Waals surface area (Å²) in [4.78, 5) is 13.4. The molecule has 0 bridgehead atoms. The van der Waals surface area contributed by atoms with Crippen LogP contribution in [0, 0.1) is 17.6 Å². The molecule has 98 valence electrons. The summed E-state index contributed by atoms with van der Waals surface area (Å²) < 4.78 is 26.7. The van der Waals surface area contributed by atoms with Crippen LogP contribution in [0.25, 0.3) is 0 Å². The topological polar surface area (TPSA) is 32.3 Å². The molecular formula is C13H16F2N2O. The van der Waals surface area contributed by atoms with E-state index in [-0.39, 0.29) is 5.69 Å². The van der Waals surface area contributed by atoms with Crippen LogP contribution in [0.15, 0.2) is 18.2 Å². The van der Waals surface area contributed by atoms with Crippen LogP contribution >= 0.6 is 0 Å². The molecule has 1 heterocycles. The van der Waals surface area contributed by atoms with Gasteiger partial charge in [-0.3, -0.25) is 0 Å². The van der Waals surface area contributed by atoms with Crippen molar-refractivity contribution >= 4 is 11.7 Å². The SMILES string of the molecule is CC1CCN(C(=O)Nc2c(F)cccc2F)CC1. The third-order valence-electron chi connectivity index (χ3n) is 3.27. The number of nitrogens with zero attached hydrogens (tertiary/aromatic N) is 1. The van der Waals surface area contributed by atoms with Crippen molar-refractivity contribution in [1.82, 2.24) is 4.90 Å². The predicted octanol–water partition coefficient (Wildman–Crippen LogP) is 3.23. The lowest BCUT2D eigenvalue weighted by Crippen LogP contribution is -2.40. The Bertz CT molecular complexity index is 422. The first-order chi connectivity index (χ1) is 8.58. The summed E-state index contributed by atoms with van der Waals surface area (Å²) in [6.45, 7) is 3.39. The summed E-state index contributed by atoms with van der Waals surface area (Å²) in [6.07, 6.45) is 1.85. The zero-order chi connectivity index (χ0) is 13.1. The van der Waals surface area contributed by atoms with Crippen LogP contribution in [-0.4, -0.2) is 24.0 Å². The molecule has 0 aromatic heterocycles. The van der Waals surface area contributed by atoms with E-state index in [9.17, 15) is 13.6 Å². The molecule has 2 amide bonds. The van der Waals surface area contributed by atoms with Crippen molar-refractivity contribution in [3.8, 4) is 0 Å². The quantitative estimate of drug-likeness (QED) is 0.820. The number of benzene rings is 1. The molecule has 0 atom stereocenters. The van der Waals surface area contributed by atoms with Gasteiger partial charge in [0.2, 0.25) is 0 Å². The van der Waals surface area contributed by atoms with Gasteiger partial charge in [-0.1, -0.05) is 13.0 Å². The number of amides is 2. The third-order valence-corrected chi connectivity index (χ3v) is 3.27. The van der Waals surface area contributed by atoms with E-state index in [1.54, 1.807) is 4.90 Å². The fourth-order valence-electron chi connectivity index (χ4n) is 2.01. The second-order valence-corrected chi connectivity index (χ2v) is 4.70. The summed E-state index contributed by atoms with van der Waals surface area (Å²) in [7, 11) is 0. The predicted molar refractivity (Wildman–Crippen MR) is 65.3 cm³/mol. The highest BCUT2D eigenvalue weighted by Crippen LogP contribution is 2.20. The van der Waals surface area contributed by atoms with Crippen molar-refractivity contribution in [3.05, 3.63) is 29.8 Å². The highest BCUT2D eigenvalue weighted by atomic mass is 19.1. The molecule has 0 spiro atoms. The van der Waals surface area contributed by atoms with Crippen LogP contribution in [0.3, 0.4) is 0 Å². The van der Waals surface area contributed by atoms with Crippen molar-refractivity contribution in [2.45, 2.75) is 19.8 Å². The minimum absolute atomic E-state index is 0.374. The molecule has 0 radical (unpaired) electrons. The van der Waals surface area contributed by atoms with Gasteiger partial charge in [0.1, 0.15) is 17.3 Å². The van der Waals surface area contributed by atoms with Crippen LogP contribution in [0.4, 0.5) is 19.3 Å². The molecule has 2 rings (SSSR count). The van der Waals surface area contributed by atoms with E-state index in [0.717, 1.165) is 25.0 Å². The van der Waals surface area contributed by atoms with Crippen LogP contribution in [-0.2, 0) is 0 Å². The summed E-state index contributed by atoms with van der Waals surface area (Å²) in [5, 5.41) is 2.30. The van der Waals surface area contributed by atoms with Gasteiger partial charge in [-0.2, -0.15) is 0 Å². The Kier molecular flexibility index (Phi) is 3.79.